The van der Waals surface area contributed by atoms with E-state index in [-0.39, 0.29) is 17.2 Å². The molecule has 2 unspecified atom stereocenters. The maximum atomic E-state index is 9.10. The molecule has 23 heavy (non-hydrogen) atoms. The lowest BCUT2D eigenvalue weighted by atomic mass is 10.1. The van der Waals surface area contributed by atoms with E-state index < -0.39 is 8.32 Å². The Labute approximate surface area is 148 Å². The molecule has 0 aromatic heterocycles. The number of anilines is 1. The molecule has 0 aliphatic carbocycles. The van der Waals surface area contributed by atoms with Crippen molar-refractivity contribution in [3.8, 4) is 6.07 Å². The lowest BCUT2D eigenvalue weighted by Crippen LogP contribution is -2.48. The van der Waals surface area contributed by atoms with E-state index in [1.807, 2.05) is 12.1 Å². The van der Waals surface area contributed by atoms with Crippen LogP contribution in [0.25, 0.3) is 0 Å². The van der Waals surface area contributed by atoms with Crippen molar-refractivity contribution in [1.82, 2.24) is 0 Å². The lowest BCUT2D eigenvalue weighted by molar-refractivity contribution is 0.131. The van der Waals surface area contributed by atoms with Gasteiger partial charge in [0.05, 0.1) is 37.0 Å². The molecule has 6 heteroatoms. The average molecular weight is 397 g/mol. The first-order valence-corrected chi connectivity index (χ1v) is 11.6. The van der Waals surface area contributed by atoms with Crippen LogP contribution < -0.4 is 5.32 Å². The van der Waals surface area contributed by atoms with Gasteiger partial charge in [-0.3, -0.25) is 0 Å². The highest BCUT2D eigenvalue weighted by Gasteiger charge is 2.42. The van der Waals surface area contributed by atoms with E-state index in [4.69, 9.17) is 14.4 Å². The number of nitriles is 1. The maximum Gasteiger partial charge on any atom is 0.192 e. The summed E-state index contributed by atoms with van der Waals surface area (Å²) in [6, 6.07) is 7.91. The quantitative estimate of drug-likeness (QED) is 0.759. The van der Waals surface area contributed by atoms with Crippen LogP contribution >= 0.6 is 15.9 Å². The molecular weight excluding hydrogens is 372 g/mol. The van der Waals surface area contributed by atoms with Crippen LogP contribution in [0.3, 0.4) is 0 Å². The predicted molar refractivity (Wildman–Crippen MR) is 99.2 cm³/mol. The minimum atomic E-state index is -1.84. The number of benzene rings is 1. The Hall–Kier alpha value is -0.873. The first-order valence-electron chi connectivity index (χ1n) is 7.85. The van der Waals surface area contributed by atoms with Gasteiger partial charge in [0.2, 0.25) is 0 Å². The van der Waals surface area contributed by atoms with E-state index in [0.717, 1.165) is 10.2 Å². The zero-order valence-corrected chi connectivity index (χ0v) is 17.0. The summed E-state index contributed by atoms with van der Waals surface area (Å²) >= 11 is 3.45. The summed E-state index contributed by atoms with van der Waals surface area (Å²) in [5.74, 6) is 0. The number of ether oxygens (including phenoxy) is 1. The van der Waals surface area contributed by atoms with Crippen LogP contribution in [0.1, 0.15) is 26.3 Å². The number of nitrogens with one attached hydrogen (secondary N) is 1. The van der Waals surface area contributed by atoms with Crippen molar-refractivity contribution in [3.05, 3.63) is 28.2 Å². The fourth-order valence-corrected chi connectivity index (χ4v) is 4.13. The smallest absolute Gasteiger partial charge is 0.192 e. The first-order chi connectivity index (χ1) is 10.6. The van der Waals surface area contributed by atoms with Gasteiger partial charge >= 0.3 is 0 Å². The van der Waals surface area contributed by atoms with Crippen molar-refractivity contribution in [1.29, 1.82) is 5.26 Å². The van der Waals surface area contributed by atoms with Crippen LogP contribution in [-0.4, -0.2) is 33.7 Å². The summed E-state index contributed by atoms with van der Waals surface area (Å²) in [5.41, 5.74) is 1.54. The van der Waals surface area contributed by atoms with E-state index in [2.05, 4.69) is 61.2 Å². The fourth-order valence-electron chi connectivity index (χ4n) is 2.29. The molecule has 0 radical (unpaired) electrons. The van der Waals surface area contributed by atoms with Gasteiger partial charge in [0.15, 0.2) is 8.32 Å². The van der Waals surface area contributed by atoms with Gasteiger partial charge in [-0.05, 0) is 36.3 Å². The molecule has 1 saturated heterocycles. The zero-order chi connectivity index (χ0) is 17.3. The SMILES string of the molecule is CC(C)(C)[Si](C)(C)OC1COCC1Nc1cc(Br)cc(C#N)c1. The lowest BCUT2D eigenvalue weighted by Gasteiger charge is -2.39. The maximum absolute atomic E-state index is 9.10. The Balaban J connectivity index is 2.11. The molecular formula is C17H25BrN2O2Si. The van der Waals surface area contributed by atoms with Crippen molar-refractivity contribution in [2.24, 2.45) is 0 Å². The predicted octanol–water partition coefficient (Wildman–Crippen LogP) is 4.52. The van der Waals surface area contributed by atoms with Crippen LogP contribution in [0, 0.1) is 11.3 Å². The highest BCUT2D eigenvalue weighted by molar-refractivity contribution is 9.10. The Morgan fingerprint density at radius 2 is 2.00 bits per heavy atom. The second-order valence-electron chi connectivity index (χ2n) is 7.55. The summed E-state index contributed by atoms with van der Waals surface area (Å²) in [6.07, 6.45) is 0.0420. The third-order valence-electron chi connectivity index (χ3n) is 4.66. The number of rotatable bonds is 4. The molecule has 1 heterocycles. The Morgan fingerprint density at radius 1 is 1.30 bits per heavy atom. The van der Waals surface area contributed by atoms with Gasteiger partial charge in [0.25, 0.3) is 0 Å². The number of hydrogen-bond acceptors (Lipinski definition) is 4. The van der Waals surface area contributed by atoms with Gasteiger partial charge in [-0.25, -0.2) is 0 Å². The van der Waals surface area contributed by atoms with Crippen molar-refractivity contribution in [2.45, 2.75) is 51.0 Å². The second kappa shape index (κ2) is 6.94. The van der Waals surface area contributed by atoms with Gasteiger partial charge < -0.3 is 14.5 Å². The molecule has 2 atom stereocenters. The van der Waals surface area contributed by atoms with Crippen molar-refractivity contribution < 1.29 is 9.16 Å². The number of nitrogens with zero attached hydrogens (tertiary/aromatic N) is 1. The molecule has 126 valence electrons. The Kier molecular flexibility index (Phi) is 5.57. The normalized spacial score (nSPS) is 22.0. The molecule has 1 aliphatic heterocycles. The van der Waals surface area contributed by atoms with Crippen molar-refractivity contribution in [3.63, 3.8) is 0 Å². The summed E-state index contributed by atoms with van der Waals surface area (Å²) < 4.78 is 13.0. The van der Waals surface area contributed by atoms with Crippen LogP contribution in [-0.2, 0) is 9.16 Å². The van der Waals surface area contributed by atoms with Crippen LogP contribution in [0.15, 0.2) is 22.7 Å². The van der Waals surface area contributed by atoms with E-state index in [1.165, 1.54) is 0 Å². The second-order valence-corrected chi connectivity index (χ2v) is 13.2. The Bertz CT molecular complexity index is 608. The molecule has 0 saturated carbocycles. The summed E-state index contributed by atoms with van der Waals surface area (Å²) in [7, 11) is -1.84. The van der Waals surface area contributed by atoms with E-state index >= 15 is 0 Å². The van der Waals surface area contributed by atoms with Crippen molar-refractivity contribution >= 4 is 29.9 Å². The first kappa shape index (κ1) is 18.5. The highest BCUT2D eigenvalue weighted by atomic mass is 79.9. The minimum absolute atomic E-state index is 0.0420. The largest absolute Gasteiger partial charge is 0.409 e. The third-order valence-corrected chi connectivity index (χ3v) is 9.62. The third kappa shape index (κ3) is 4.57. The van der Waals surface area contributed by atoms with Crippen LogP contribution in [0.4, 0.5) is 5.69 Å². The van der Waals surface area contributed by atoms with Crippen LogP contribution in [0.2, 0.25) is 18.1 Å². The molecule has 1 aromatic carbocycles. The Morgan fingerprint density at radius 3 is 2.61 bits per heavy atom. The summed E-state index contributed by atoms with van der Waals surface area (Å²) in [4.78, 5) is 0. The molecule has 1 aliphatic rings. The topological polar surface area (TPSA) is 54.3 Å². The monoisotopic (exact) mass is 396 g/mol. The highest BCUT2D eigenvalue weighted by Crippen LogP contribution is 2.38. The van der Waals surface area contributed by atoms with Crippen molar-refractivity contribution in [2.75, 3.05) is 18.5 Å². The molecule has 1 fully saturated rings. The molecule has 4 nitrogen and oxygen atoms in total. The van der Waals surface area contributed by atoms with Gasteiger partial charge in [-0.15, -0.1) is 0 Å². The van der Waals surface area contributed by atoms with E-state index in [0.29, 0.717) is 18.8 Å². The van der Waals surface area contributed by atoms with Crippen LogP contribution in [0.5, 0.6) is 0 Å². The standard InChI is InChI=1S/C17H25BrN2O2Si/c1-17(2,3)23(4,5)22-16-11-21-10-15(16)20-14-7-12(9-19)6-13(18)8-14/h6-8,15-16,20H,10-11H2,1-5H3. The van der Waals surface area contributed by atoms with E-state index in [1.54, 1.807) is 6.07 Å². The number of halogens is 1. The van der Waals surface area contributed by atoms with Gasteiger partial charge in [-0.2, -0.15) is 5.26 Å². The number of hydrogen-bond donors (Lipinski definition) is 1. The molecule has 1 aromatic rings. The van der Waals surface area contributed by atoms with Gasteiger partial charge in [0, 0.05) is 10.2 Å². The van der Waals surface area contributed by atoms with Gasteiger partial charge in [0.1, 0.15) is 0 Å². The zero-order valence-electron chi connectivity index (χ0n) is 14.4. The minimum Gasteiger partial charge on any atom is -0.409 e. The summed E-state index contributed by atoms with van der Waals surface area (Å²) in [6.45, 7) is 12.5. The average Bonchev–Trinajstić information content (AvgIpc) is 2.83. The molecule has 0 amide bonds. The molecule has 2 rings (SSSR count). The van der Waals surface area contributed by atoms with E-state index in [9.17, 15) is 0 Å². The molecule has 1 N–H and O–H groups in total. The van der Waals surface area contributed by atoms with Gasteiger partial charge in [-0.1, -0.05) is 36.7 Å². The molecule has 0 spiro atoms. The fraction of sp³-hybridized carbons (Fsp3) is 0.588. The summed E-state index contributed by atoms with van der Waals surface area (Å²) in [5, 5.41) is 12.7. The molecule has 0 bridgehead atoms.